The van der Waals surface area contributed by atoms with Gasteiger partial charge in [-0.1, -0.05) is 62.6 Å². The van der Waals surface area contributed by atoms with Crippen LogP contribution in [0.1, 0.15) is 49.8 Å². The van der Waals surface area contributed by atoms with Crippen LogP contribution >= 0.6 is 0 Å². The molecule has 96 valence electrons. The van der Waals surface area contributed by atoms with E-state index in [4.69, 9.17) is 0 Å². The highest BCUT2D eigenvalue weighted by atomic mass is 16.3. The van der Waals surface area contributed by atoms with Crippen LogP contribution in [0.5, 0.6) is 0 Å². The van der Waals surface area contributed by atoms with Gasteiger partial charge in [-0.25, -0.2) is 0 Å². The first kappa shape index (κ1) is 13.1. The SMILES string of the molecule is CCCCCC(O)c1c(C)ccc2ccccc12. The fourth-order valence-electron chi connectivity index (χ4n) is 2.58. The third-order valence-corrected chi connectivity index (χ3v) is 3.60. The Kier molecular flexibility index (Phi) is 4.38. The van der Waals surface area contributed by atoms with E-state index in [9.17, 15) is 5.11 Å². The lowest BCUT2D eigenvalue weighted by Crippen LogP contribution is -2.01. The number of unbranched alkanes of at least 4 members (excludes halogenated alkanes) is 2. The molecular formula is C17H22O. The normalized spacial score (nSPS) is 12.8. The van der Waals surface area contributed by atoms with Gasteiger partial charge in [0.25, 0.3) is 0 Å². The van der Waals surface area contributed by atoms with Crippen LogP contribution < -0.4 is 0 Å². The van der Waals surface area contributed by atoms with Crippen LogP contribution in [0.15, 0.2) is 36.4 Å². The van der Waals surface area contributed by atoms with E-state index in [1.54, 1.807) is 0 Å². The summed E-state index contributed by atoms with van der Waals surface area (Å²) in [5, 5.41) is 12.8. The molecule has 1 unspecified atom stereocenters. The van der Waals surface area contributed by atoms with Crippen molar-refractivity contribution >= 4 is 10.8 Å². The molecule has 0 aliphatic carbocycles. The molecule has 1 heteroatoms. The van der Waals surface area contributed by atoms with E-state index in [0.717, 1.165) is 18.4 Å². The van der Waals surface area contributed by atoms with E-state index in [0.29, 0.717) is 0 Å². The molecule has 0 aromatic heterocycles. The fourth-order valence-corrected chi connectivity index (χ4v) is 2.58. The molecule has 2 rings (SSSR count). The predicted octanol–water partition coefficient (Wildman–Crippen LogP) is 4.76. The molecule has 2 aromatic carbocycles. The van der Waals surface area contributed by atoms with Crippen LogP contribution in [0.25, 0.3) is 10.8 Å². The quantitative estimate of drug-likeness (QED) is 0.749. The van der Waals surface area contributed by atoms with Crippen LogP contribution in [0, 0.1) is 6.92 Å². The van der Waals surface area contributed by atoms with E-state index < -0.39 is 0 Å². The van der Waals surface area contributed by atoms with Crippen molar-refractivity contribution in [2.75, 3.05) is 0 Å². The molecule has 0 aliphatic rings. The summed E-state index contributed by atoms with van der Waals surface area (Å²) in [6.45, 7) is 4.28. The highest BCUT2D eigenvalue weighted by molar-refractivity contribution is 5.87. The minimum atomic E-state index is -0.331. The molecular weight excluding hydrogens is 220 g/mol. The monoisotopic (exact) mass is 242 g/mol. The van der Waals surface area contributed by atoms with Gasteiger partial charge in [0.1, 0.15) is 0 Å². The minimum Gasteiger partial charge on any atom is -0.388 e. The Morgan fingerprint density at radius 2 is 1.83 bits per heavy atom. The molecule has 0 aliphatic heterocycles. The molecule has 1 nitrogen and oxygen atoms in total. The van der Waals surface area contributed by atoms with Crippen LogP contribution in [-0.4, -0.2) is 5.11 Å². The topological polar surface area (TPSA) is 20.2 Å². The van der Waals surface area contributed by atoms with Gasteiger partial charge in [-0.15, -0.1) is 0 Å². The molecule has 2 aromatic rings. The molecule has 0 radical (unpaired) electrons. The minimum absolute atomic E-state index is 0.331. The van der Waals surface area contributed by atoms with E-state index in [2.05, 4.69) is 38.1 Å². The van der Waals surface area contributed by atoms with Gasteiger partial charge in [-0.3, -0.25) is 0 Å². The molecule has 0 heterocycles. The van der Waals surface area contributed by atoms with Gasteiger partial charge >= 0.3 is 0 Å². The number of rotatable bonds is 5. The maximum atomic E-state index is 10.4. The summed E-state index contributed by atoms with van der Waals surface area (Å²) >= 11 is 0. The maximum Gasteiger partial charge on any atom is 0.0798 e. The number of aliphatic hydroxyl groups is 1. The first-order valence-corrected chi connectivity index (χ1v) is 6.90. The van der Waals surface area contributed by atoms with Crippen LogP contribution in [-0.2, 0) is 0 Å². The van der Waals surface area contributed by atoms with Gasteiger partial charge in [-0.05, 0) is 35.2 Å². The van der Waals surface area contributed by atoms with Gasteiger partial charge in [0.2, 0.25) is 0 Å². The number of hydrogen-bond acceptors (Lipinski definition) is 1. The summed E-state index contributed by atoms with van der Waals surface area (Å²) in [5.41, 5.74) is 2.31. The van der Waals surface area contributed by atoms with Gasteiger partial charge in [0, 0.05) is 0 Å². The molecule has 0 amide bonds. The van der Waals surface area contributed by atoms with Crippen molar-refractivity contribution in [3.8, 4) is 0 Å². The number of fused-ring (bicyclic) bond motifs is 1. The average molecular weight is 242 g/mol. The van der Waals surface area contributed by atoms with Gasteiger partial charge in [0.15, 0.2) is 0 Å². The zero-order valence-corrected chi connectivity index (χ0v) is 11.3. The van der Waals surface area contributed by atoms with Crippen LogP contribution in [0.2, 0.25) is 0 Å². The highest BCUT2D eigenvalue weighted by Gasteiger charge is 2.13. The summed E-state index contributed by atoms with van der Waals surface area (Å²) in [7, 11) is 0. The third-order valence-electron chi connectivity index (χ3n) is 3.60. The molecule has 0 saturated carbocycles. The second kappa shape index (κ2) is 6.01. The summed E-state index contributed by atoms with van der Waals surface area (Å²) in [4.78, 5) is 0. The van der Waals surface area contributed by atoms with Gasteiger partial charge in [-0.2, -0.15) is 0 Å². The van der Waals surface area contributed by atoms with E-state index in [-0.39, 0.29) is 6.10 Å². The highest BCUT2D eigenvalue weighted by Crippen LogP contribution is 2.30. The maximum absolute atomic E-state index is 10.4. The summed E-state index contributed by atoms with van der Waals surface area (Å²) < 4.78 is 0. The Balaban J connectivity index is 2.33. The fraction of sp³-hybridized carbons (Fsp3) is 0.412. The smallest absolute Gasteiger partial charge is 0.0798 e. The lowest BCUT2D eigenvalue weighted by atomic mass is 9.93. The van der Waals surface area contributed by atoms with Crippen LogP contribution in [0.3, 0.4) is 0 Å². The number of hydrogen-bond donors (Lipinski definition) is 1. The summed E-state index contributed by atoms with van der Waals surface area (Å²) in [6.07, 6.45) is 4.02. The first-order chi connectivity index (χ1) is 8.74. The van der Waals surface area contributed by atoms with Crippen molar-refractivity contribution in [2.24, 2.45) is 0 Å². The largest absolute Gasteiger partial charge is 0.388 e. The molecule has 1 N–H and O–H groups in total. The van der Waals surface area contributed by atoms with Crippen molar-refractivity contribution < 1.29 is 5.11 Å². The molecule has 1 atom stereocenters. The Bertz CT molecular complexity index is 516. The number of aliphatic hydroxyl groups excluding tert-OH is 1. The van der Waals surface area contributed by atoms with Crippen LogP contribution in [0.4, 0.5) is 0 Å². The molecule has 0 saturated heterocycles. The van der Waals surface area contributed by atoms with E-state index in [1.807, 2.05) is 12.1 Å². The van der Waals surface area contributed by atoms with Gasteiger partial charge in [0.05, 0.1) is 6.10 Å². The number of benzene rings is 2. The molecule has 0 spiro atoms. The lowest BCUT2D eigenvalue weighted by Gasteiger charge is -2.16. The molecule has 18 heavy (non-hydrogen) atoms. The second-order valence-electron chi connectivity index (χ2n) is 5.03. The Morgan fingerprint density at radius 1 is 1.06 bits per heavy atom. The van der Waals surface area contributed by atoms with Crippen molar-refractivity contribution in [1.82, 2.24) is 0 Å². The van der Waals surface area contributed by atoms with Gasteiger partial charge < -0.3 is 5.11 Å². The predicted molar refractivity (Wildman–Crippen MR) is 77.8 cm³/mol. The average Bonchev–Trinajstić information content (AvgIpc) is 2.38. The van der Waals surface area contributed by atoms with E-state index in [1.165, 1.54) is 29.2 Å². The summed E-state index contributed by atoms with van der Waals surface area (Å²) in [6, 6.07) is 12.6. The third kappa shape index (κ3) is 2.73. The Hall–Kier alpha value is -1.34. The van der Waals surface area contributed by atoms with Crippen molar-refractivity contribution in [2.45, 2.75) is 45.6 Å². The first-order valence-electron chi connectivity index (χ1n) is 6.90. The lowest BCUT2D eigenvalue weighted by molar-refractivity contribution is 0.164. The van der Waals surface area contributed by atoms with Crippen molar-refractivity contribution in [3.63, 3.8) is 0 Å². The summed E-state index contributed by atoms with van der Waals surface area (Å²) in [5.74, 6) is 0. The van der Waals surface area contributed by atoms with Crippen molar-refractivity contribution in [3.05, 3.63) is 47.5 Å². The second-order valence-corrected chi connectivity index (χ2v) is 5.03. The Labute approximate surface area is 109 Å². The standard InChI is InChI=1S/C17H22O/c1-3-4-5-10-16(18)17-13(2)11-12-14-8-6-7-9-15(14)17/h6-9,11-12,16,18H,3-5,10H2,1-2H3. The zero-order chi connectivity index (χ0) is 13.0. The van der Waals surface area contributed by atoms with Crippen molar-refractivity contribution in [1.29, 1.82) is 0 Å². The van der Waals surface area contributed by atoms with E-state index >= 15 is 0 Å². The molecule has 0 fully saturated rings. The Morgan fingerprint density at radius 3 is 2.61 bits per heavy atom. The molecule has 0 bridgehead atoms. The number of aryl methyl sites for hydroxylation is 1. The zero-order valence-electron chi connectivity index (χ0n) is 11.3.